The zero-order chi connectivity index (χ0) is 12.3. The van der Waals surface area contributed by atoms with Crippen LogP contribution in [0, 0.1) is 5.82 Å². The highest BCUT2D eigenvalue weighted by atomic mass is 19.4. The van der Waals surface area contributed by atoms with Crippen molar-refractivity contribution < 1.29 is 27.5 Å². The molecule has 0 aliphatic rings. The van der Waals surface area contributed by atoms with Crippen LogP contribution in [0.2, 0.25) is 0 Å². The normalized spacial score (nSPS) is 12.0. The van der Waals surface area contributed by atoms with Crippen molar-refractivity contribution in [2.45, 2.75) is 6.18 Å². The monoisotopic (exact) mass is 234 g/mol. The van der Waals surface area contributed by atoms with Gasteiger partial charge in [-0.1, -0.05) is 6.07 Å². The van der Waals surface area contributed by atoms with Gasteiger partial charge in [-0.15, -0.1) is 0 Å². The molecule has 0 aromatic heterocycles. The molecule has 0 unspecified atom stereocenters. The van der Waals surface area contributed by atoms with Gasteiger partial charge in [0, 0.05) is 6.08 Å². The average molecular weight is 234 g/mol. The van der Waals surface area contributed by atoms with E-state index < -0.39 is 23.5 Å². The molecule has 0 saturated heterocycles. The zero-order valence-electron chi connectivity index (χ0n) is 7.75. The van der Waals surface area contributed by atoms with Crippen molar-refractivity contribution in [1.29, 1.82) is 0 Å². The maximum Gasteiger partial charge on any atom is 0.419 e. The first-order valence-corrected chi connectivity index (χ1v) is 4.08. The molecule has 0 amide bonds. The zero-order valence-corrected chi connectivity index (χ0v) is 7.75. The molecule has 0 aliphatic carbocycles. The summed E-state index contributed by atoms with van der Waals surface area (Å²) < 4.78 is 49.4. The fourth-order valence-corrected chi connectivity index (χ4v) is 1.03. The molecule has 1 aromatic rings. The Labute approximate surface area is 87.8 Å². The maximum absolute atomic E-state index is 13.0. The molecule has 1 rings (SSSR count). The highest BCUT2D eigenvalue weighted by Gasteiger charge is 2.33. The molecule has 86 valence electrons. The van der Waals surface area contributed by atoms with Gasteiger partial charge in [0.15, 0.2) is 0 Å². The summed E-state index contributed by atoms with van der Waals surface area (Å²) in [5, 5.41) is 8.27. The second-order valence-corrected chi connectivity index (χ2v) is 2.91. The first-order valence-electron chi connectivity index (χ1n) is 4.08. The molecule has 0 spiro atoms. The fourth-order valence-electron chi connectivity index (χ4n) is 1.03. The molecular formula is C10H6F4O2. The van der Waals surface area contributed by atoms with Crippen LogP contribution in [0.15, 0.2) is 24.3 Å². The van der Waals surface area contributed by atoms with Gasteiger partial charge >= 0.3 is 12.1 Å². The second kappa shape index (κ2) is 4.34. The number of hydrogen-bond donors (Lipinski definition) is 1. The number of alkyl halides is 3. The number of aliphatic carboxylic acids is 1. The molecule has 0 aliphatic heterocycles. The topological polar surface area (TPSA) is 37.3 Å². The van der Waals surface area contributed by atoms with Gasteiger partial charge < -0.3 is 5.11 Å². The van der Waals surface area contributed by atoms with E-state index in [2.05, 4.69) is 0 Å². The van der Waals surface area contributed by atoms with Crippen LogP contribution in [-0.4, -0.2) is 11.1 Å². The average Bonchev–Trinajstić information content (AvgIpc) is 2.12. The first kappa shape index (κ1) is 12.2. The summed E-state index contributed by atoms with van der Waals surface area (Å²) in [4.78, 5) is 10.1. The van der Waals surface area contributed by atoms with Gasteiger partial charge in [-0.05, 0) is 23.8 Å². The molecule has 2 nitrogen and oxygen atoms in total. The number of hydrogen-bond acceptors (Lipinski definition) is 1. The van der Waals surface area contributed by atoms with Crippen molar-refractivity contribution in [3.8, 4) is 0 Å². The standard InChI is InChI=1S/C10H6F4O2/c11-8-5-6(2-4-9(15)16)1-3-7(8)10(12,13)14/h1-5H,(H,15,16)/b4-2-. The largest absolute Gasteiger partial charge is 0.478 e. The summed E-state index contributed by atoms with van der Waals surface area (Å²) >= 11 is 0. The molecule has 0 fully saturated rings. The molecule has 16 heavy (non-hydrogen) atoms. The number of carboxylic acid groups (broad SMARTS) is 1. The Morgan fingerprint density at radius 1 is 1.31 bits per heavy atom. The Morgan fingerprint density at radius 2 is 1.94 bits per heavy atom. The smallest absolute Gasteiger partial charge is 0.419 e. The van der Waals surface area contributed by atoms with E-state index in [4.69, 9.17) is 5.11 Å². The van der Waals surface area contributed by atoms with Gasteiger partial charge in [-0.2, -0.15) is 13.2 Å². The van der Waals surface area contributed by atoms with E-state index in [0.717, 1.165) is 12.1 Å². The van der Waals surface area contributed by atoms with Gasteiger partial charge in [-0.25, -0.2) is 9.18 Å². The second-order valence-electron chi connectivity index (χ2n) is 2.91. The highest BCUT2D eigenvalue weighted by molar-refractivity contribution is 5.85. The van der Waals surface area contributed by atoms with E-state index >= 15 is 0 Å². The van der Waals surface area contributed by atoms with Crippen LogP contribution in [0.25, 0.3) is 6.08 Å². The molecule has 0 radical (unpaired) electrons. The number of benzene rings is 1. The predicted molar refractivity (Wildman–Crippen MR) is 48.1 cm³/mol. The quantitative estimate of drug-likeness (QED) is 0.631. The number of carboxylic acids is 1. The summed E-state index contributed by atoms with van der Waals surface area (Å²) in [5.41, 5.74) is -1.33. The first-order chi connectivity index (χ1) is 7.30. The summed E-state index contributed by atoms with van der Waals surface area (Å²) in [6, 6.07) is 2.18. The summed E-state index contributed by atoms with van der Waals surface area (Å²) in [7, 11) is 0. The summed E-state index contributed by atoms with van der Waals surface area (Å²) in [6.07, 6.45) is -3.03. The van der Waals surface area contributed by atoms with Crippen LogP contribution in [0.5, 0.6) is 0 Å². The lowest BCUT2D eigenvalue weighted by Gasteiger charge is -2.07. The van der Waals surface area contributed by atoms with Crippen molar-refractivity contribution in [3.63, 3.8) is 0 Å². The SMILES string of the molecule is O=C(O)/C=C\c1ccc(C(F)(F)F)c(F)c1. The number of rotatable bonds is 2. The van der Waals surface area contributed by atoms with Crippen molar-refractivity contribution in [2.75, 3.05) is 0 Å². The van der Waals surface area contributed by atoms with Crippen molar-refractivity contribution in [3.05, 3.63) is 41.2 Å². The fraction of sp³-hybridized carbons (Fsp3) is 0.100. The lowest BCUT2D eigenvalue weighted by atomic mass is 10.1. The van der Waals surface area contributed by atoms with Crippen molar-refractivity contribution >= 4 is 12.0 Å². The molecule has 1 N–H and O–H groups in total. The molecular weight excluding hydrogens is 228 g/mol. The van der Waals surface area contributed by atoms with Crippen LogP contribution in [0.4, 0.5) is 17.6 Å². The Kier molecular flexibility index (Phi) is 3.31. The van der Waals surface area contributed by atoms with E-state index in [1.165, 1.54) is 0 Å². The summed E-state index contributed by atoms with van der Waals surface area (Å²) in [5.74, 6) is -2.69. The van der Waals surface area contributed by atoms with Crippen LogP contribution < -0.4 is 0 Å². The molecule has 0 saturated carbocycles. The van der Waals surface area contributed by atoms with Gasteiger partial charge in [0.1, 0.15) is 5.82 Å². The van der Waals surface area contributed by atoms with E-state index in [0.29, 0.717) is 18.2 Å². The van der Waals surface area contributed by atoms with E-state index in [1.807, 2.05) is 0 Å². The third-order valence-electron chi connectivity index (χ3n) is 1.72. The molecule has 1 aromatic carbocycles. The van der Waals surface area contributed by atoms with E-state index in [9.17, 15) is 22.4 Å². The van der Waals surface area contributed by atoms with Crippen LogP contribution in [-0.2, 0) is 11.0 Å². The lowest BCUT2D eigenvalue weighted by Crippen LogP contribution is -2.07. The van der Waals surface area contributed by atoms with Crippen LogP contribution >= 0.6 is 0 Å². The van der Waals surface area contributed by atoms with Crippen molar-refractivity contribution in [2.24, 2.45) is 0 Å². The summed E-state index contributed by atoms with van der Waals surface area (Å²) in [6.45, 7) is 0. The van der Waals surface area contributed by atoms with Gasteiger partial charge in [0.2, 0.25) is 0 Å². The highest BCUT2D eigenvalue weighted by Crippen LogP contribution is 2.31. The van der Waals surface area contributed by atoms with E-state index in [-0.39, 0.29) is 5.56 Å². The minimum atomic E-state index is -4.75. The van der Waals surface area contributed by atoms with Gasteiger partial charge in [0.25, 0.3) is 0 Å². The Morgan fingerprint density at radius 3 is 2.38 bits per heavy atom. The maximum atomic E-state index is 13.0. The molecule has 0 atom stereocenters. The van der Waals surface area contributed by atoms with Gasteiger partial charge in [0.05, 0.1) is 5.56 Å². The lowest BCUT2D eigenvalue weighted by molar-refractivity contribution is -0.140. The Hall–Kier alpha value is -1.85. The van der Waals surface area contributed by atoms with Crippen molar-refractivity contribution in [1.82, 2.24) is 0 Å². The number of halogens is 4. The number of carbonyl (C=O) groups is 1. The molecule has 0 bridgehead atoms. The minimum Gasteiger partial charge on any atom is -0.478 e. The third-order valence-corrected chi connectivity index (χ3v) is 1.72. The van der Waals surface area contributed by atoms with Crippen LogP contribution in [0.1, 0.15) is 11.1 Å². The predicted octanol–water partition coefficient (Wildman–Crippen LogP) is 2.94. The van der Waals surface area contributed by atoms with E-state index in [1.54, 1.807) is 0 Å². The third kappa shape index (κ3) is 3.08. The van der Waals surface area contributed by atoms with Gasteiger partial charge in [-0.3, -0.25) is 0 Å². The Bertz CT molecular complexity index is 435. The molecule has 6 heteroatoms. The van der Waals surface area contributed by atoms with Crippen LogP contribution in [0.3, 0.4) is 0 Å². The minimum absolute atomic E-state index is 0.0490. The molecule has 0 heterocycles. The Balaban J connectivity index is 3.05.